The number of ether oxygens (including phenoxy) is 2. The average molecular weight is 495 g/mol. The zero-order valence-corrected chi connectivity index (χ0v) is 20.7. The van der Waals surface area contributed by atoms with E-state index in [9.17, 15) is 9.59 Å². The van der Waals surface area contributed by atoms with Crippen molar-refractivity contribution in [3.8, 4) is 11.5 Å². The second kappa shape index (κ2) is 12.9. The maximum absolute atomic E-state index is 13.7. The van der Waals surface area contributed by atoms with E-state index in [1.54, 1.807) is 24.1 Å². The van der Waals surface area contributed by atoms with E-state index in [4.69, 9.17) is 9.47 Å². The summed E-state index contributed by atoms with van der Waals surface area (Å²) in [6.45, 7) is 0.319. The summed E-state index contributed by atoms with van der Waals surface area (Å²) < 4.78 is 11.2. The summed E-state index contributed by atoms with van der Waals surface area (Å²) in [5.41, 5.74) is 2.47. The number of rotatable bonds is 11. The number of nitrogens with zero attached hydrogens (tertiary/aromatic N) is 1. The molecule has 188 valence electrons. The van der Waals surface area contributed by atoms with Crippen LogP contribution < -0.4 is 14.8 Å². The summed E-state index contributed by atoms with van der Waals surface area (Å²) in [5.74, 6) is 0.690. The van der Waals surface area contributed by atoms with Gasteiger partial charge in [0.05, 0.1) is 7.11 Å². The molecule has 0 fully saturated rings. The van der Waals surface area contributed by atoms with Gasteiger partial charge in [0.2, 0.25) is 5.91 Å². The van der Waals surface area contributed by atoms with Crippen LogP contribution >= 0.6 is 0 Å². The van der Waals surface area contributed by atoms with Gasteiger partial charge in [0, 0.05) is 18.7 Å². The summed E-state index contributed by atoms with van der Waals surface area (Å²) in [7, 11) is 1.60. The second-order valence-corrected chi connectivity index (χ2v) is 8.45. The summed E-state index contributed by atoms with van der Waals surface area (Å²) in [6.07, 6.45) is 0. The van der Waals surface area contributed by atoms with Crippen molar-refractivity contribution < 1.29 is 19.1 Å². The van der Waals surface area contributed by atoms with Crippen LogP contribution in [-0.2, 0) is 22.7 Å². The first kappa shape index (κ1) is 25.5. The van der Waals surface area contributed by atoms with Crippen LogP contribution in [0.3, 0.4) is 0 Å². The van der Waals surface area contributed by atoms with Crippen LogP contribution in [0.4, 0.5) is 0 Å². The largest absolute Gasteiger partial charge is 0.496 e. The minimum Gasteiger partial charge on any atom is -0.496 e. The minimum absolute atomic E-state index is 0.194. The first-order valence-corrected chi connectivity index (χ1v) is 12.1. The SMILES string of the molecule is COc1ccccc1CNC(=O)[C@@H](c1ccccc1)N(Cc1ccccc1)C(=O)COc1ccccc1. The highest BCUT2D eigenvalue weighted by atomic mass is 16.5. The summed E-state index contributed by atoms with van der Waals surface area (Å²) >= 11 is 0. The lowest BCUT2D eigenvalue weighted by molar-refractivity contribution is -0.143. The number of nitrogens with one attached hydrogen (secondary N) is 1. The number of hydrogen-bond donors (Lipinski definition) is 1. The molecule has 0 saturated heterocycles. The topological polar surface area (TPSA) is 67.9 Å². The van der Waals surface area contributed by atoms with E-state index in [0.29, 0.717) is 17.1 Å². The van der Waals surface area contributed by atoms with Crippen molar-refractivity contribution in [1.82, 2.24) is 10.2 Å². The van der Waals surface area contributed by atoms with Gasteiger partial charge >= 0.3 is 0 Å². The first-order chi connectivity index (χ1) is 18.2. The number of methoxy groups -OCH3 is 1. The Balaban J connectivity index is 1.62. The van der Waals surface area contributed by atoms with Crippen molar-refractivity contribution >= 4 is 11.8 Å². The van der Waals surface area contributed by atoms with Gasteiger partial charge in [0.25, 0.3) is 5.91 Å². The number of carbonyl (C=O) groups is 2. The second-order valence-electron chi connectivity index (χ2n) is 8.45. The van der Waals surface area contributed by atoms with Crippen LogP contribution in [0.5, 0.6) is 11.5 Å². The average Bonchev–Trinajstić information content (AvgIpc) is 2.96. The van der Waals surface area contributed by atoms with E-state index in [-0.39, 0.29) is 31.5 Å². The van der Waals surface area contributed by atoms with Gasteiger partial charge in [0.15, 0.2) is 6.61 Å². The Bertz CT molecular complexity index is 1280. The molecule has 0 aliphatic heterocycles. The molecule has 0 aromatic heterocycles. The third-order valence-corrected chi connectivity index (χ3v) is 5.94. The van der Waals surface area contributed by atoms with Crippen molar-refractivity contribution in [2.24, 2.45) is 0 Å². The summed E-state index contributed by atoms with van der Waals surface area (Å²) in [6, 6.07) is 34.8. The Morgan fingerprint density at radius 1 is 0.784 bits per heavy atom. The standard InChI is InChI=1S/C31H30N2O4/c1-36-28-20-12-11-17-26(28)21-32-31(35)30(25-15-7-3-8-16-25)33(22-24-13-5-2-6-14-24)29(34)23-37-27-18-9-4-10-19-27/h2-20,30H,21-23H2,1H3,(H,32,35)/t30-/m1/s1. The zero-order valence-electron chi connectivity index (χ0n) is 20.7. The van der Waals surface area contributed by atoms with Crippen LogP contribution in [0.25, 0.3) is 0 Å². The van der Waals surface area contributed by atoms with Gasteiger partial charge in [-0.05, 0) is 29.3 Å². The Kier molecular flexibility index (Phi) is 8.92. The Labute approximate surface area is 217 Å². The molecular weight excluding hydrogens is 464 g/mol. The van der Waals surface area contributed by atoms with Gasteiger partial charge in [-0.3, -0.25) is 9.59 Å². The molecule has 0 aliphatic carbocycles. The summed E-state index contributed by atoms with van der Waals surface area (Å²) in [4.78, 5) is 28.9. The molecule has 0 saturated carbocycles. The first-order valence-electron chi connectivity index (χ1n) is 12.1. The third kappa shape index (κ3) is 6.98. The Morgan fingerprint density at radius 3 is 2.05 bits per heavy atom. The molecule has 0 aliphatic rings. The van der Waals surface area contributed by atoms with Gasteiger partial charge < -0.3 is 19.7 Å². The molecule has 4 rings (SSSR count). The predicted molar refractivity (Wildman–Crippen MR) is 143 cm³/mol. The van der Waals surface area contributed by atoms with Gasteiger partial charge in [-0.15, -0.1) is 0 Å². The van der Waals surface area contributed by atoms with E-state index < -0.39 is 6.04 Å². The molecule has 4 aromatic carbocycles. The fourth-order valence-corrected chi connectivity index (χ4v) is 4.08. The zero-order chi connectivity index (χ0) is 25.9. The molecule has 0 heterocycles. The number of para-hydroxylation sites is 2. The van der Waals surface area contributed by atoms with Crippen molar-refractivity contribution in [3.05, 3.63) is 132 Å². The molecule has 37 heavy (non-hydrogen) atoms. The molecular formula is C31H30N2O4. The Morgan fingerprint density at radius 2 is 1.38 bits per heavy atom. The van der Waals surface area contributed by atoms with E-state index in [2.05, 4.69) is 5.32 Å². The number of hydrogen-bond acceptors (Lipinski definition) is 4. The molecule has 2 amide bonds. The molecule has 0 radical (unpaired) electrons. The fraction of sp³-hybridized carbons (Fsp3) is 0.161. The molecule has 6 heteroatoms. The molecule has 1 atom stereocenters. The van der Waals surface area contributed by atoms with Gasteiger partial charge in [-0.1, -0.05) is 97.1 Å². The van der Waals surface area contributed by atoms with E-state index in [1.807, 2.05) is 103 Å². The number of amides is 2. The molecule has 6 nitrogen and oxygen atoms in total. The smallest absolute Gasteiger partial charge is 0.261 e. The lowest BCUT2D eigenvalue weighted by Gasteiger charge is -2.31. The van der Waals surface area contributed by atoms with E-state index in [0.717, 1.165) is 11.1 Å². The van der Waals surface area contributed by atoms with E-state index >= 15 is 0 Å². The fourth-order valence-electron chi connectivity index (χ4n) is 4.08. The van der Waals surface area contributed by atoms with Crippen LogP contribution in [0.2, 0.25) is 0 Å². The highest BCUT2D eigenvalue weighted by Crippen LogP contribution is 2.25. The molecule has 0 unspecified atom stereocenters. The van der Waals surface area contributed by atoms with Gasteiger partial charge in [-0.2, -0.15) is 0 Å². The molecule has 4 aromatic rings. The quantitative estimate of drug-likeness (QED) is 0.313. The van der Waals surface area contributed by atoms with E-state index in [1.165, 1.54) is 0 Å². The minimum atomic E-state index is -0.858. The van der Waals surface area contributed by atoms with Crippen LogP contribution in [0, 0.1) is 0 Å². The normalized spacial score (nSPS) is 11.3. The van der Waals surface area contributed by atoms with Crippen LogP contribution in [-0.4, -0.2) is 30.4 Å². The van der Waals surface area contributed by atoms with Crippen LogP contribution in [0.15, 0.2) is 115 Å². The molecule has 0 bridgehead atoms. The van der Waals surface area contributed by atoms with Crippen LogP contribution in [0.1, 0.15) is 22.7 Å². The van der Waals surface area contributed by atoms with Crippen molar-refractivity contribution in [2.75, 3.05) is 13.7 Å². The highest BCUT2D eigenvalue weighted by Gasteiger charge is 2.32. The lowest BCUT2D eigenvalue weighted by atomic mass is 10.0. The van der Waals surface area contributed by atoms with Crippen molar-refractivity contribution in [3.63, 3.8) is 0 Å². The predicted octanol–water partition coefficient (Wildman–Crippen LogP) is 5.16. The maximum atomic E-state index is 13.7. The maximum Gasteiger partial charge on any atom is 0.261 e. The van der Waals surface area contributed by atoms with Gasteiger partial charge in [0.1, 0.15) is 17.5 Å². The summed E-state index contributed by atoms with van der Waals surface area (Å²) in [5, 5.41) is 3.01. The highest BCUT2D eigenvalue weighted by molar-refractivity contribution is 5.89. The number of benzene rings is 4. The van der Waals surface area contributed by atoms with Crippen molar-refractivity contribution in [2.45, 2.75) is 19.1 Å². The van der Waals surface area contributed by atoms with Gasteiger partial charge in [-0.25, -0.2) is 0 Å². The third-order valence-electron chi connectivity index (χ3n) is 5.94. The molecule has 0 spiro atoms. The monoisotopic (exact) mass is 494 g/mol. The Hall–Kier alpha value is -4.58. The number of carbonyl (C=O) groups excluding carboxylic acids is 2. The van der Waals surface area contributed by atoms with Crippen molar-refractivity contribution in [1.29, 1.82) is 0 Å². The molecule has 1 N–H and O–H groups in total. The lowest BCUT2D eigenvalue weighted by Crippen LogP contribution is -2.45.